The van der Waals surface area contributed by atoms with Crippen molar-refractivity contribution >= 4 is 14.3 Å². The van der Waals surface area contributed by atoms with Gasteiger partial charge in [-0.3, -0.25) is 4.79 Å². The normalized spacial score (nSPS) is 13.1. The number of rotatable bonds is 13. The molecule has 0 aliphatic heterocycles. The fourth-order valence-corrected chi connectivity index (χ4v) is 3.78. The second-order valence-corrected chi connectivity index (χ2v) is 7.59. The zero-order chi connectivity index (χ0) is 17.1. The fourth-order valence-electron chi connectivity index (χ4n) is 2.06. The molecular formula is C17H34NO3P. The van der Waals surface area contributed by atoms with Crippen molar-refractivity contribution < 1.29 is 13.8 Å². The number of allylic oxidation sites excluding steroid dienone is 1. The van der Waals surface area contributed by atoms with E-state index >= 15 is 0 Å². The molecule has 0 fully saturated rings. The van der Waals surface area contributed by atoms with Crippen LogP contribution >= 0.6 is 8.53 Å². The van der Waals surface area contributed by atoms with Crippen LogP contribution < -0.4 is 0 Å². The van der Waals surface area contributed by atoms with E-state index in [0.717, 1.165) is 25.9 Å². The van der Waals surface area contributed by atoms with Gasteiger partial charge in [-0.1, -0.05) is 13.5 Å². The van der Waals surface area contributed by atoms with E-state index in [0.29, 0.717) is 30.7 Å². The number of nitrogens with zero attached hydrogens (tertiary/aromatic N) is 1. The van der Waals surface area contributed by atoms with Gasteiger partial charge in [-0.15, -0.1) is 0 Å². The van der Waals surface area contributed by atoms with E-state index in [-0.39, 0.29) is 5.78 Å². The summed E-state index contributed by atoms with van der Waals surface area (Å²) >= 11 is 0. The molecule has 0 saturated carbocycles. The Morgan fingerprint density at radius 2 is 1.64 bits per heavy atom. The monoisotopic (exact) mass is 331 g/mol. The lowest BCUT2D eigenvalue weighted by Gasteiger charge is -2.35. The SMILES string of the molecule is C=C(C)C(=O)CCCCOP(OCCC)N(C(C)C)C(C)C. The van der Waals surface area contributed by atoms with Crippen LogP contribution in [0.1, 0.15) is 67.2 Å². The van der Waals surface area contributed by atoms with E-state index in [1.54, 1.807) is 6.92 Å². The van der Waals surface area contributed by atoms with Gasteiger partial charge in [-0.2, -0.15) is 0 Å². The van der Waals surface area contributed by atoms with Gasteiger partial charge in [0.2, 0.25) is 0 Å². The maximum absolute atomic E-state index is 11.5. The summed E-state index contributed by atoms with van der Waals surface area (Å²) in [6.07, 6.45) is 3.26. The maximum Gasteiger partial charge on any atom is 0.259 e. The van der Waals surface area contributed by atoms with Crippen molar-refractivity contribution in [3.8, 4) is 0 Å². The highest BCUT2D eigenvalue weighted by Crippen LogP contribution is 2.46. The van der Waals surface area contributed by atoms with Crippen molar-refractivity contribution in [1.29, 1.82) is 0 Å². The van der Waals surface area contributed by atoms with E-state index < -0.39 is 8.53 Å². The minimum Gasteiger partial charge on any atom is -0.322 e. The van der Waals surface area contributed by atoms with Crippen LogP contribution in [-0.2, 0) is 13.8 Å². The van der Waals surface area contributed by atoms with Gasteiger partial charge in [0.15, 0.2) is 5.78 Å². The number of Topliss-reactive ketones (excluding diaryl/α,β-unsaturated/α-hetero) is 1. The number of ketones is 1. The highest BCUT2D eigenvalue weighted by atomic mass is 31.2. The van der Waals surface area contributed by atoms with Crippen LogP contribution in [0.15, 0.2) is 12.2 Å². The largest absolute Gasteiger partial charge is 0.322 e. The predicted molar refractivity (Wildman–Crippen MR) is 94.9 cm³/mol. The summed E-state index contributed by atoms with van der Waals surface area (Å²) in [5.41, 5.74) is 0.639. The van der Waals surface area contributed by atoms with Crippen molar-refractivity contribution in [1.82, 2.24) is 4.67 Å². The smallest absolute Gasteiger partial charge is 0.259 e. The van der Waals surface area contributed by atoms with Gasteiger partial charge in [-0.25, -0.2) is 4.67 Å². The van der Waals surface area contributed by atoms with Crippen LogP contribution in [0, 0.1) is 0 Å². The van der Waals surface area contributed by atoms with Crippen LogP contribution in [0.2, 0.25) is 0 Å². The summed E-state index contributed by atoms with van der Waals surface area (Å²) in [4.78, 5) is 11.5. The Morgan fingerprint density at radius 1 is 1.09 bits per heavy atom. The van der Waals surface area contributed by atoms with Gasteiger partial charge in [0.05, 0.1) is 13.2 Å². The minimum atomic E-state index is -1.02. The van der Waals surface area contributed by atoms with Gasteiger partial charge in [0.1, 0.15) is 0 Å². The quantitative estimate of drug-likeness (QED) is 0.268. The molecule has 1 atom stereocenters. The zero-order valence-corrected chi connectivity index (χ0v) is 16.1. The molecule has 0 aromatic heterocycles. The van der Waals surface area contributed by atoms with Gasteiger partial charge < -0.3 is 9.05 Å². The topological polar surface area (TPSA) is 38.8 Å². The van der Waals surface area contributed by atoms with E-state index in [1.165, 1.54) is 0 Å². The second-order valence-electron chi connectivity index (χ2n) is 6.13. The summed E-state index contributed by atoms with van der Waals surface area (Å²) in [5, 5.41) is 0. The van der Waals surface area contributed by atoms with E-state index in [4.69, 9.17) is 9.05 Å². The molecule has 0 bridgehead atoms. The molecule has 0 heterocycles. The molecule has 0 aromatic rings. The third-order valence-electron chi connectivity index (χ3n) is 3.13. The van der Waals surface area contributed by atoms with Crippen LogP contribution in [0.4, 0.5) is 0 Å². The number of carbonyl (C=O) groups is 1. The Bertz CT molecular complexity index is 324. The van der Waals surface area contributed by atoms with Gasteiger partial charge in [-0.05, 0) is 59.5 Å². The molecule has 0 amide bonds. The van der Waals surface area contributed by atoms with E-state index in [1.807, 2.05) is 0 Å². The molecule has 0 saturated heterocycles. The molecule has 0 aliphatic rings. The molecular weight excluding hydrogens is 297 g/mol. The Kier molecular flexibility index (Phi) is 12.0. The number of hydrogen-bond acceptors (Lipinski definition) is 4. The van der Waals surface area contributed by atoms with Crippen LogP contribution in [0.5, 0.6) is 0 Å². The lowest BCUT2D eigenvalue weighted by molar-refractivity contribution is -0.115. The molecule has 0 aliphatic carbocycles. The Balaban J connectivity index is 4.30. The number of hydrogen-bond donors (Lipinski definition) is 0. The minimum absolute atomic E-state index is 0.149. The summed E-state index contributed by atoms with van der Waals surface area (Å²) in [6, 6.07) is 0.765. The van der Waals surface area contributed by atoms with Gasteiger partial charge >= 0.3 is 0 Å². The van der Waals surface area contributed by atoms with Crippen molar-refractivity contribution in [2.45, 2.75) is 79.3 Å². The Hall–Kier alpha value is -0.280. The van der Waals surface area contributed by atoms with Crippen molar-refractivity contribution in [3.05, 3.63) is 12.2 Å². The molecule has 1 unspecified atom stereocenters. The maximum atomic E-state index is 11.5. The average molecular weight is 331 g/mol. The Morgan fingerprint density at radius 3 is 2.09 bits per heavy atom. The molecule has 130 valence electrons. The average Bonchev–Trinajstić information content (AvgIpc) is 2.42. The first-order chi connectivity index (χ1) is 10.3. The predicted octanol–water partition coefficient (Wildman–Crippen LogP) is 5.09. The first-order valence-corrected chi connectivity index (χ1v) is 9.47. The van der Waals surface area contributed by atoms with E-state index in [2.05, 4.69) is 45.9 Å². The Labute approximate surface area is 138 Å². The summed E-state index contributed by atoms with van der Waals surface area (Å²) in [5.74, 6) is 0.149. The molecule has 0 aromatic carbocycles. The highest BCUT2D eigenvalue weighted by Gasteiger charge is 2.26. The number of carbonyl (C=O) groups excluding carboxylic acids is 1. The summed E-state index contributed by atoms with van der Waals surface area (Å²) in [6.45, 7) is 17.6. The molecule has 0 N–H and O–H groups in total. The first-order valence-electron chi connectivity index (χ1n) is 8.34. The molecule has 0 rings (SSSR count). The second kappa shape index (κ2) is 12.2. The van der Waals surface area contributed by atoms with Crippen LogP contribution in [0.3, 0.4) is 0 Å². The van der Waals surface area contributed by atoms with Crippen LogP contribution in [-0.4, -0.2) is 35.8 Å². The van der Waals surface area contributed by atoms with Crippen molar-refractivity contribution in [2.24, 2.45) is 0 Å². The lowest BCUT2D eigenvalue weighted by Crippen LogP contribution is -2.33. The summed E-state index contributed by atoms with van der Waals surface area (Å²) < 4.78 is 14.2. The molecule has 4 nitrogen and oxygen atoms in total. The highest BCUT2D eigenvalue weighted by molar-refractivity contribution is 7.44. The molecule has 5 heteroatoms. The molecule has 0 spiro atoms. The van der Waals surface area contributed by atoms with E-state index in [9.17, 15) is 4.79 Å². The summed E-state index contributed by atoms with van der Waals surface area (Å²) in [7, 11) is -1.02. The third kappa shape index (κ3) is 8.99. The van der Waals surface area contributed by atoms with Gasteiger partial charge in [0, 0.05) is 18.5 Å². The fraction of sp³-hybridized carbons (Fsp3) is 0.824. The standard InChI is InChI=1S/C17H34NO3P/c1-8-12-20-22(18(15(4)5)16(6)7)21-13-10-9-11-17(19)14(2)3/h15-16H,2,8-13H2,1,3-7H3. The third-order valence-corrected chi connectivity index (χ3v) is 5.24. The van der Waals surface area contributed by atoms with Crippen LogP contribution in [0.25, 0.3) is 0 Å². The van der Waals surface area contributed by atoms with Crippen molar-refractivity contribution in [3.63, 3.8) is 0 Å². The lowest BCUT2D eigenvalue weighted by atomic mass is 10.1. The first kappa shape index (κ1) is 21.7. The zero-order valence-electron chi connectivity index (χ0n) is 15.2. The van der Waals surface area contributed by atoms with Crippen molar-refractivity contribution in [2.75, 3.05) is 13.2 Å². The van der Waals surface area contributed by atoms with Gasteiger partial charge in [0.25, 0.3) is 8.53 Å². The molecule has 0 radical (unpaired) electrons. The molecule has 22 heavy (non-hydrogen) atoms. The number of unbranched alkanes of at least 4 members (excludes halogenated alkanes) is 1.